The van der Waals surface area contributed by atoms with Crippen LogP contribution in [-0.4, -0.2) is 30.6 Å². The lowest BCUT2D eigenvalue weighted by atomic mass is 9.70. The summed E-state index contributed by atoms with van der Waals surface area (Å²) in [4.78, 5) is 13.4. The normalized spacial score (nSPS) is 18.5. The molecular formula is C11H22N2O. The first-order valence-electron chi connectivity index (χ1n) is 5.64. The summed E-state index contributed by atoms with van der Waals surface area (Å²) in [6.07, 6.45) is 3.83. The third kappa shape index (κ3) is 2.63. The Morgan fingerprint density at radius 1 is 1.36 bits per heavy atom. The number of nitrogens with one attached hydrogen (secondary N) is 1. The first-order valence-corrected chi connectivity index (χ1v) is 5.64. The molecule has 3 nitrogen and oxygen atoms in total. The monoisotopic (exact) mass is 198 g/mol. The molecule has 0 heterocycles. The SMILES string of the molecule is CCN(CC)C(=O)NCC1(C)CCC1. The Balaban J connectivity index is 2.26. The first kappa shape index (κ1) is 11.3. The molecule has 0 aromatic rings. The fourth-order valence-electron chi connectivity index (χ4n) is 1.87. The summed E-state index contributed by atoms with van der Waals surface area (Å²) in [5.41, 5.74) is 0.378. The summed E-state index contributed by atoms with van der Waals surface area (Å²) in [5, 5.41) is 3.01. The molecule has 0 aromatic heterocycles. The topological polar surface area (TPSA) is 32.3 Å². The third-order valence-electron chi connectivity index (χ3n) is 3.28. The zero-order valence-corrected chi connectivity index (χ0v) is 9.60. The Hall–Kier alpha value is -0.730. The maximum atomic E-state index is 11.6. The van der Waals surface area contributed by atoms with Crippen molar-refractivity contribution in [3.05, 3.63) is 0 Å². The fraction of sp³-hybridized carbons (Fsp3) is 0.909. The molecule has 1 N–H and O–H groups in total. The number of rotatable bonds is 4. The van der Waals surface area contributed by atoms with Crippen LogP contribution in [0.3, 0.4) is 0 Å². The van der Waals surface area contributed by atoms with Gasteiger partial charge in [-0.05, 0) is 32.1 Å². The molecule has 14 heavy (non-hydrogen) atoms. The zero-order valence-electron chi connectivity index (χ0n) is 9.60. The summed E-state index contributed by atoms with van der Waals surface area (Å²) in [6, 6.07) is 0.0862. The molecule has 0 aromatic carbocycles. The number of nitrogens with zero attached hydrogens (tertiary/aromatic N) is 1. The van der Waals surface area contributed by atoms with Crippen molar-refractivity contribution in [3.63, 3.8) is 0 Å². The van der Waals surface area contributed by atoms with Crippen LogP contribution in [0.15, 0.2) is 0 Å². The smallest absolute Gasteiger partial charge is 0.317 e. The summed E-state index contributed by atoms with van der Waals surface area (Å²) in [7, 11) is 0. The van der Waals surface area contributed by atoms with Crippen molar-refractivity contribution in [1.82, 2.24) is 10.2 Å². The number of amides is 2. The molecule has 0 saturated heterocycles. The van der Waals surface area contributed by atoms with E-state index in [9.17, 15) is 4.79 Å². The van der Waals surface area contributed by atoms with Gasteiger partial charge < -0.3 is 10.2 Å². The van der Waals surface area contributed by atoms with E-state index in [-0.39, 0.29) is 6.03 Å². The molecular weight excluding hydrogens is 176 g/mol. The van der Waals surface area contributed by atoms with Gasteiger partial charge in [-0.15, -0.1) is 0 Å². The van der Waals surface area contributed by atoms with Crippen LogP contribution < -0.4 is 5.32 Å². The molecule has 0 spiro atoms. The molecule has 0 unspecified atom stereocenters. The third-order valence-corrected chi connectivity index (χ3v) is 3.28. The Morgan fingerprint density at radius 3 is 2.29 bits per heavy atom. The molecule has 0 atom stereocenters. The quantitative estimate of drug-likeness (QED) is 0.738. The van der Waals surface area contributed by atoms with E-state index in [1.807, 2.05) is 18.7 Å². The minimum absolute atomic E-state index is 0.0862. The highest BCUT2D eigenvalue weighted by atomic mass is 16.2. The van der Waals surface area contributed by atoms with Crippen LogP contribution in [-0.2, 0) is 0 Å². The van der Waals surface area contributed by atoms with Gasteiger partial charge in [0.2, 0.25) is 0 Å². The van der Waals surface area contributed by atoms with Gasteiger partial charge in [-0.25, -0.2) is 4.79 Å². The highest BCUT2D eigenvalue weighted by Gasteiger charge is 2.32. The Labute approximate surface area is 86.9 Å². The van der Waals surface area contributed by atoms with Gasteiger partial charge in [0.15, 0.2) is 0 Å². The van der Waals surface area contributed by atoms with Gasteiger partial charge >= 0.3 is 6.03 Å². The van der Waals surface area contributed by atoms with Crippen LogP contribution in [0, 0.1) is 5.41 Å². The molecule has 2 amide bonds. The molecule has 1 aliphatic rings. The Bertz CT molecular complexity index is 195. The molecule has 0 bridgehead atoms. The highest BCUT2D eigenvalue weighted by Crippen LogP contribution is 2.39. The maximum absolute atomic E-state index is 11.6. The second-order valence-electron chi connectivity index (χ2n) is 4.50. The average molecular weight is 198 g/mol. The summed E-state index contributed by atoms with van der Waals surface area (Å²) in [5.74, 6) is 0. The lowest BCUT2D eigenvalue weighted by molar-refractivity contribution is 0.148. The molecule has 3 heteroatoms. The van der Waals surface area contributed by atoms with Crippen LogP contribution >= 0.6 is 0 Å². The summed E-state index contributed by atoms with van der Waals surface area (Å²) in [6.45, 7) is 8.68. The van der Waals surface area contributed by atoms with E-state index < -0.39 is 0 Å². The molecule has 1 fully saturated rings. The average Bonchev–Trinajstić information content (AvgIpc) is 2.13. The van der Waals surface area contributed by atoms with E-state index in [0.29, 0.717) is 5.41 Å². The number of hydrogen-bond donors (Lipinski definition) is 1. The molecule has 1 aliphatic carbocycles. The van der Waals surface area contributed by atoms with Gasteiger partial charge in [0.05, 0.1) is 0 Å². The van der Waals surface area contributed by atoms with E-state index in [0.717, 1.165) is 19.6 Å². The van der Waals surface area contributed by atoms with Crippen LogP contribution in [0.2, 0.25) is 0 Å². The largest absolute Gasteiger partial charge is 0.337 e. The zero-order chi connectivity index (χ0) is 10.6. The van der Waals surface area contributed by atoms with Crippen molar-refractivity contribution in [1.29, 1.82) is 0 Å². The minimum Gasteiger partial charge on any atom is -0.337 e. The standard InChI is InChI=1S/C11H22N2O/c1-4-13(5-2)10(14)12-9-11(3)7-6-8-11/h4-9H2,1-3H3,(H,12,14). The van der Waals surface area contributed by atoms with E-state index in [1.54, 1.807) is 0 Å². The van der Waals surface area contributed by atoms with E-state index >= 15 is 0 Å². The summed E-state index contributed by atoms with van der Waals surface area (Å²) >= 11 is 0. The Morgan fingerprint density at radius 2 is 1.93 bits per heavy atom. The number of hydrogen-bond acceptors (Lipinski definition) is 1. The van der Waals surface area contributed by atoms with E-state index in [2.05, 4.69) is 12.2 Å². The predicted octanol–water partition coefficient (Wildman–Crippen LogP) is 2.23. The molecule has 0 radical (unpaired) electrons. The Kier molecular flexibility index (Phi) is 3.78. The number of urea groups is 1. The molecule has 1 rings (SSSR count). The van der Waals surface area contributed by atoms with Crippen LogP contribution in [0.25, 0.3) is 0 Å². The fourth-order valence-corrected chi connectivity index (χ4v) is 1.87. The van der Waals surface area contributed by atoms with Gasteiger partial charge in [-0.3, -0.25) is 0 Å². The van der Waals surface area contributed by atoms with Crippen molar-refractivity contribution in [2.75, 3.05) is 19.6 Å². The lowest BCUT2D eigenvalue weighted by Gasteiger charge is -2.38. The van der Waals surface area contributed by atoms with Crippen LogP contribution in [0.4, 0.5) is 4.79 Å². The van der Waals surface area contributed by atoms with Crippen molar-refractivity contribution in [2.45, 2.75) is 40.0 Å². The first-order chi connectivity index (χ1) is 6.61. The minimum atomic E-state index is 0.0862. The summed E-state index contributed by atoms with van der Waals surface area (Å²) < 4.78 is 0. The molecule has 0 aliphatic heterocycles. The predicted molar refractivity (Wildman–Crippen MR) is 58.3 cm³/mol. The second-order valence-corrected chi connectivity index (χ2v) is 4.50. The number of carbonyl (C=O) groups is 1. The van der Waals surface area contributed by atoms with E-state index in [4.69, 9.17) is 0 Å². The van der Waals surface area contributed by atoms with Crippen molar-refractivity contribution in [3.8, 4) is 0 Å². The second kappa shape index (κ2) is 4.67. The molecule has 1 saturated carbocycles. The van der Waals surface area contributed by atoms with Gasteiger partial charge in [-0.2, -0.15) is 0 Å². The van der Waals surface area contributed by atoms with Gasteiger partial charge in [0, 0.05) is 19.6 Å². The van der Waals surface area contributed by atoms with Gasteiger partial charge in [-0.1, -0.05) is 13.3 Å². The highest BCUT2D eigenvalue weighted by molar-refractivity contribution is 5.74. The van der Waals surface area contributed by atoms with Gasteiger partial charge in [0.1, 0.15) is 0 Å². The molecule has 82 valence electrons. The van der Waals surface area contributed by atoms with Crippen molar-refractivity contribution >= 4 is 6.03 Å². The van der Waals surface area contributed by atoms with Crippen LogP contribution in [0.5, 0.6) is 0 Å². The van der Waals surface area contributed by atoms with E-state index in [1.165, 1.54) is 19.3 Å². The van der Waals surface area contributed by atoms with Crippen molar-refractivity contribution < 1.29 is 4.79 Å². The maximum Gasteiger partial charge on any atom is 0.317 e. The number of carbonyl (C=O) groups excluding carboxylic acids is 1. The van der Waals surface area contributed by atoms with Gasteiger partial charge in [0.25, 0.3) is 0 Å². The lowest BCUT2D eigenvalue weighted by Crippen LogP contribution is -2.45. The van der Waals surface area contributed by atoms with Crippen molar-refractivity contribution in [2.24, 2.45) is 5.41 Å². The van der Waals surface area contributed by atoms with Crippen LogP contribution in [0.1, 0.15) is 40.0 Å².